The Morgan fingerprint density at radius 3 is 2.82 bits per heavy atom. The van der Waals surface area contributed by atoms with E-state index in [1.807, 2.05) is 0 Å². The van der Waals surface area contributed by atoms with Crippen molar-refractivity contribution in [2.75, 3.05) is 5.33 Å². The van der Waals surface area contributed by atoms with E-state index >= 15 is 0 Å². The van der Waals surface area contributed by atoms with E-state index in [0.29, 0.717) is 10.8 Å². The van der Waals surface area contributed by atoms with Gasteiger partial charge in [-0.25, -0.2) is 0 Å². The summed E-state index contributed by atoms with van der Waals surface area (Å²) in [6.07, 6.45) is 18.9. The number of hydrogen-bond acceptors (Lipinski definition) is 0. The third kappa shape index (κ3) is 2.06. The van der Waals surface area contributed by atoms with Gasteiger partial charge in [0, 0.05) is 10.7 Å². The predicted molar refractivity (Wildman–Crippen MR) is 98.1 cm³/mol. The molecule has 122 valence electrons. The summed E-state index contributed by atoms with van der Waals surface area (Å²) >= 11 is 3.71. The minimum atomic E-state index is 0.399. The highest BCUT2D eigenvalue weighted by molar-refractivity contribution is 9.09. The van der Waals surface area contributed by atoms with E-state index in [1.165, 1.54) is 56.7 Å². The summed E-state index contributed by atoms with van der Waals surface area (Å²) < 4.78 is 0. The molecule has 4 aliphatic carbocycles. The monoisotopic (exact) mass is 362 g/mol. The maximum atomic E-state index is 3.71. The van der Waals surface area contributed by atoms with Gasteiger partial charge in [0.2, 0.25) is 0 Å². The number of halogens is 1. The highest BCUT2D eigenvalue weighted by Gasteiger charge is 2.57. The van der Waals surface area contributed by atoms with Crippen molar-refractivity contribution in [1.82, 2.24) is 0 Å². The fourth-order valence-electron chi connectivity index (χ4n) is 7.05. The summed E-state index contributed by atoms with van der Waals surface area (Å²) in [5, 5.41) is 1.20. The van der Waals surface area contributed by atoms with Crippen LogP contribution >= 0.6 is 15.9 Å². The van der Waals surface area contributed by atoms with Crippen LogP contribution in [0.2, 0.25) is 0 Å². The topological polar surface area (TPSA) is 0 Å². The van der Waals surface area contributed by atoms with Gasteiger partial charge in [0.05, 0.1) is 0 Å². The van der Waals surface area contributed by atoms with E-state index < -0.39 is 0 Å². The zero-order valence-corrected chi connectivity index (χ0v) is 15.9. The van der Waals surface area contributed by atoms with Crippen molar-refractivity contribution >= 4 is 15.9 Å². The van der Waals surface area contributed by atoms with E-state index in [4.69, 9.17) is 0 Å². The van der Waals surface area contributed by atoms with Crippen LogP contribution in [0, 0.1) is 34.5 Å². The third-order valence-corrected chi connectivity index (χ3v) is 8.72. The van der Waals surface area contributed by atoms with Crippen LogP contribution in [0.4, 0.5) is 0 Å². The predicted octanol–water partition coefficient (Wildman–Crippen LogP) is 6.52. The molecule has 0 aromatic rings. The Labute approximate surface area is 145 Å². The molecule has 4 aliphatic rings. The molecule has 0 radical (unpaired) electrons. The van der Waals surface area contributed by atoms with Crippen LogP contribution in [0.5, 0.6) is 0 Å². The van der Waals surface area contributed by atoms with Crippen molar-refractivity contribution in [2.45, 2.75) is 65.2 Å². The molecule has 0 nitrogen and oxygen atoms in total. The number of alkyl halides is 1. The zero-order valence-electron chi connectivity index (χ0n) is 14.3. The number of fused-ring (bicyclic) bond motifs is 5. The molecule has 3 fully saturated rings. The zero-order chi connectivity index (χ0) is 15.4. The Morgan fingerprint density at radius 2 is 2.00 bits per heavy atom. The molecule has 0 aromatic heterocycles. The molecule has 3 saturated carbocycles. The molecule has 0 spiro atoms. The van der Waals surface area contributed by atoms with E-state index in [-0.39, 0.29) is 0 Å². The summed E-state index contributed by atoms with van der Waals surface area (Å²) in [5.41, 5.74) is 2.82. The van der Waals surface area contributed by atoms with Crippen LogP contribution in [0.1, 0.15) is 65.2 Å². The largest absolute Gasteiger partial charge is 0.0928 e. The van der Waals surface area contributed by atoms with Gasteiger partial charge in [0.25, 0.3) is 0 Å². The first kappa shape index (κ1) is 15.5. The summed E-state index contributed by atoms with van der Waals surface area (Å²) in [5.74, 6) is 3.89. The van der Waals surface area contributed by atoms with Gasteiger partial charge in [0.1, 0.15) is 0 Å². The van der Waals surface area contributed by atoms with Gasteiger partial charge >= 0.3 is 0 Å². The molecule has 0 aliphatic heterocycles. The van der Waals surface area contributed by atoms with Crippen molar-refractivity contribution in [3.05, 3.63) is 23.8 Å². The Morgan fingerprint density at radius 1 is 1.14 bits per heavy atom. The highest BCUT2D eigenvalue weighted by Crippen LogP contribution is 2.66. The summed E-state index contributed by atoms with van der Waals surface area (Å²) in [4.78, 5) is 0. The molecule has 1 heteroatoms. The van der Waals surface area contributed by atoms with Crippen LogP contribution in [0.15, 0.2) is 23.8 Å². The van der Waals surface area contributed by atoms with Crippen molar-refractivity contribution in [1.29, 1.82) is 0 Å². The molecular weight excluding hydrogens is 332 g/mol. The van der Waals surface area contributed by atoms with Gasteiger partial charge in [-0.05, 0) is 80.5 Å². The first-order valence-corrected chi connectivity index (χ1v) is 10.6. The van der Waals surface area contributed by atoms with Gasteiger partial charge in [-0.1, -0.05) is 53.6 Å². The highest BCUT2D eigenvalue weighted by atomic mass is 79.9. The van der Waals surface area contributed by atoms with Gasteiger partial charge in [-0.2, -0.15) is 0 Å². The fourth-order valence-corrected chi connectivity index (χ4v) is 7.61. The Hall–Kier alpha value is -0.0400. The Bertz CT molecular complexity index is 504. The molecule has 0 unspecified atom stereocenters. The lowest BCUT2D eigenvalue weighted by molar-refractivity contribution is -0.0339. The van der Waals surface area contributed by atoms with Crippen molar-refractivity contribution in [3.8, 4) is 0 Å². The van der Waals surface area contributed by atoms with E-state index in [9.17, 15) is 0 Å². The number of hydrogen-bond donors (Lipinski definition) is 0. The average molecular weight is 363 g/mol. The molecule has 0 heterocycles. The van der Waals surface area contributed by atoms with Crippen molar-refractivity contribution < 1.29 is 0 Å². The lowest BCUT2D eigenvalue weighted by Crippen LogP contribution is -2.49. The average Bonchev–Trinajstić information content (AvgIpc) is 2.84. The normalized spacial score (nSPS) is 50.0. The number of rotatable bonds is 2. The first-order chi connectivity index (χ1) is 10.6. The van der Waals surface area contributed by atoms with E-state index in [1.54, 1.807) is 5.57 Å². The van der Waals surface area contributed by atoms with Crippen LogP contribution in [0.25, 0.3) is 0 Å². The fraction of sp³-hybridized carbons (Fsp3) is 0.810. The number of allylic oxidation sites excluding steroid dienone is 4. The summed E-state index contributed by atoms with van der Waals surface area (Å²) in [7, 11) is 0. The van der Waals surface area contributed by atoms with Crippen molar-refractivity contribution in [2.24, 2.45) is 34.5 Å². The van der Waals surface area contributed by atoms with Crippen LogP contribution < -0.4 is 0 Å². The Kier molecular flexibility index (Phi) is 3.87. The smallest absolute Gasteiger partial charge is 0.00936 e. The summed E-state index contributed by atoms with van der Waals surface area (Å²) in [6, 6.07) is 0. The van der Waals surface area contributed by atoms with Gasteiger partial charge in [-0.3, -0.25) is 0 Å². The molecule has 0 N–H and O–H groups in total. The third-order valence-electron chi connectivity index (χ3n) is 8.26. The second-order valence-electron chi connectivity index (χ2n) is 8.86. The second-order valence-corrected chi connectivity index (χ2v) is 9.66. The molecular formula is C21H31Br. The van der Waals surface area contributed by atoms with Gasteiger partial charge in [-0.15, -0.1) is 0 Å². The first-order valence-electron chi connectivity index (χ1n) is 9.53. The molecule has 0 amide bonds. The minimum absolute atomic E-state index is 0.399. The van der Waals surface area contributed by atoms with Crippen molar-refractivity contribution in [3.63, 3.8) is 0 Å². The maximum Gasteiger partial charge on any atom is 0.00936 e. The SMILES string of the molecule is C[C@]12CC[C@H]3[C@@H](CCC4=CCC=C[C@@]43C)[C@@H]1CC[C@@H]2CCBr. The Balaban J connectivity index is 1.64. The standard InChI is InChI=1S/C21H31Br/c1-20-12-4-3-5-15(20)6-8-17-18-9-7-16(11-14-22)21(18,2)13-10-19(17)20/h4-5,12,16-19H,3,6-11,13-14H2,1-2H3/t16-,17+,18+,19+,20+,21-/m1/s1. The van der Waals surface area contributed by atoms with Crippen LogP contribution in [-0.2, 0) is 0 Å². The lowest BCUT2D eigenvalue weighted by atomic mass is 9.48. The van der Waals surface area contributed by atoms with Gasteiger partial charge < -0.3 is 0 Å². The molecule has 22 heavy (non-hydrogen) atoms. The van der Waals surface area contributed by atoms with E-state index in [0.717, 1.165) is 23.7 Å². The molecule has 4 rings (SSSR count). The van der Waals surface area contributed by atoms with Gasteiger partial charge in [0.15, 0.2) is 0 Å². The summed E-state index contributed by atoms with van der Waals surface area (Å²) in [6.45, 7) is 5.21. The van der Waals surface area contributed by atoms with Crippen LogP contribution in [-0.4, -0.2) is 5.33 Å². The second kappa shape index (κ2) is 5.50. The molecule has 0 aromatic carbocycles. The minimum Gasteiger partial charge on any atom is -0.0928 e. The maximum absolute atomic E-state index is 3.71. The van der Waals surface area contributed by atoms with E-state index in [2.05, 4.69) is 48.0 Å². The lowest BCUT2D eigenvalue weighted by Gasteiger charge is -2.57. The quantitative estimate of drug-likeness (QED) is 0.387. The molecule has 6 atom stereocenters. The molecule has 0 saturated heterocycles. The molecule has 0 bridgehead atoms. The van der Waals surface area contributed by atoms with Crippen LogP contribution in [0.3, 0.4) is 0 Å².